The highest BCUT2D eigenvalue weighted by Crippen LogP contribution is 2.32. The van der Waals surface area contributed by atoms with Crippen LogP contribution in [0.2, 0.25) is 0 Å². The first-order chi connectivity index (χ1) is 10.0. The SMILES string of the molecule is N/C(=N/O)c1ccnc(Oc2ccc(Br)cc2[N+](=O)[O-])n1. The molecule has 1 heterocycles. The van der Waals surface area contributed by atoms with Gasteiger partial charge in [-0.25, -0.2) is 4.98 Å². The Labute approximate surface area is 126 Å². The molecule has 1 aromatic heterocycles. The quantitative estimate of drug-likeness (QED) is 0.282. The van der Waals surface area contributed by atoms with Gasteiger partial charge in [0.25, 0.3) is 0 Å². The van der Waals surface area contributed by atoms with Crippen LogP contribution in [-0.2, 0) is 0 Å². The molecule has 0 saturated carbocycles. The van der Waals surface area contributed by atoms with Crippen molar-refractivity contribution in [2.45, 2.75) is 0 Å². The molecule has 0 spiro atoms. The lowest BCUT2D eigenvalue weighted by Gasteiger charge is -2.05. The number of rotatable bonds is 4. The molecule has 0 unspecified atom stereocenters. The third-order valence-electron chi connectivity index (χ3n) is 2.32. The molecule has 0 radical (unpaired) electrons. The summed E-state index contributed by atoms with van der Waals surface area (Å²) < 4.78 is 5.82. The van der Waals surface area contributed by atoms with Crippen LogP contribution in [0.15, 0.2) is 40.1 Å². The Balaban J connectivity index is 2.37. The van der Waals surface area contributed by atoms with Crippen LogP contribution in [0.5, 0.6) is 11.8 Å². The predicted octanol–water partition coefficient (Wildman–Crippen LogP) is 2.03. The maximum absolute atomic E-state index is 11.0. The van der Waals surface area contributed by atoms with Crippen LogP contribution in [0.4, 0.5) is 5.69 Å². The van der Waals surface area contributed by atoms with Crippen LogP contribution in [0.25, 0.3) is 0 Å². The summed E-state index contributed by atoms with van der Waals surface area (Å²) in [4.78, 5) is 18.1. The van der Waals surface area contributed by atoms with Crippen molar-refractivity contribution in [2.75, 3.05) is 0 Å². The van der Waals surface area contributed by atoms with Gasteiger partial charge in [0.05, 0.1) is 4.92 Å². The molecule has 1 aromatic carbocycles. The number of hydrogen-bond acceptors (Lipinski definition) is 7. The molecule has 2 aromatic rings. The minimum Gasteiger partial charge on any atom is -0.417 e. The fourth-order valence-electron chi connectivity index (χ4n) is 1.40. The van der Waals surface area contributed by atoms with Crippen LogP contribution in [0.3, 0.4) is 0 Å². The molecule has 9 nitrogen and oxygen atoms in total. The average Bonchev–Trinajstić information content (AvgIpc) is 2.48. The first-order valence-corrected chi connectivity index (χ1v) is 6.23. The molecule has 0 atom stereocenters. The van der Waals surface area contributed by atoms with Crippen LogP contribution in [0, 0.1) is 10.1 Å². The first kappa shape index (κ1) is 14.7. The number of halogens is 1. The largest absolute Gasteiger partial charge is 0.417 e. The van der Waals surface area contributed by atoms with Gasteiger partial charge >= 0.3 is 11.7 Å². The van der Waals surface area contributed by atoms with Crippen molar-refractivity contribution in [2.24, 2.45) is 10.9 Å². The molecule has 21 heavy (non-hydrogen) atoms. The van der Waals surface area contributed by atoms with Gasteiger partial charge in [-0.15, -0.1) is 0 Å². The first-order valence-electron chi connectivity index (χ1n) is 5.44. The molecule has 0 saturated heterocycles. The summed E-state index contributed by atoms with van der Waals surface area (Å²) >= 11 is 3.14. The predicted molar refractivity (Wildman–Crippen MR) is 75.4 cm³/mol. The van der Waals surface area contributed by atoms with Crippen molar-refractivity contribution in [1.29, 1.82) is 0 Å². The number of nitrogens with two attached hydrogens (primary N) is 1. The highest BCUT2D eigenvalue weighted by molar-refractivity contribution is 9.10. The van der Waals surface area contributed by atoms with Crippen molar-refractivity contribution < 1.29 is 14.9 Å². The number of ether oxygens (including phenoxy) is 1. The topological polar surface area (TPSA) is 137 Å². The molecule has 0 amide bonds. The van der Waals surface area contributed by atoms with E-state index in [1.165, 1.54) is 24.4 Å². The molecule has 3 N–H and O–H groups in total. The molecule has 0 fully saturated rings. The smallest absolute Gasteiger partial charge is 0.322 e. The summed E-state index contributed by atoms with van der Waals surface area (Å²) in [6.07, 6.45) is 1.32. The van der Waals surface area contributed by atoms with E-state index in [9.17, 15) is 10.1 Å². The summed E-state index contributed by atoms with van der Waals surface area (Å²) in [7, 11) is 0. The highest BCUT2D eigenvalue weighted by Gasteiger charge is 2.17. The Morgan fingerprint density at radius 3 is 2.90 bits per heavy atom. The Hall–Kier alpha value is -2.75. The molecule has 108 valence electrons. The van der Waals surface area contributed by atoms with E-state index in [-0.39, 0.29) is 29.0 Å². The van der Waals surface area contributed by atoms with Gasteiger partial charge in [-0.2, -0.15) is 4.98 Å². The van der Waals surface area contributed by atoms with Crippen molar-refractivity contribution in [3.8, 4) is 11.8 Å². The van der Waals surface area contributed by atoms with Crippen molar-refractivity contribution in [3.05, 3.63) is 50.7 Å². The van der Waals surface area contributed by atoms with Gasteiger partial charge < -0.3 is 15.7 Å². The zero-order valence-corrected chi connectivity index (χ0v) is 11.9. The second kappa shape index (κ2) is 6.13. The third kappa shape index (κ3) is 3.42. The van der Waals surface area contributed by atoms with Crippen LogP contribution >= 0.6 is 15.9 Å². The van der Waals surface area contributed by atoms with Crippen LogP contribution in [0.1, 0.15) is 5.69 Å². The zero-order valence-electron chi connectivity index (χ0n) is 10.3. The minimum absolute atomic E-state index is 0.0279. The van der Waals surface area contributed by atoms with E-state index in [0.717, 1.165) is 0 Å². The molecule has 0 aliphatic heterocycles. The number of hydrogen-bond donors (Lipinski definition) is 2. The van der Waals surface area contributed by atoms with Crippen molar-refractivity contribution in [3.63, 3.8) is 0 Å². The fraction of sp³-hybridized carbons (Fsp3) is 0. The number of oxime groups is 1. The zero-order chi connectivity index (χ0) is 15.4. The van der Waals surface area contributed by atoms with Gasteiger partial charge in [0.15, 0.2) is 5.84 Å². The van der Waals surface area contributed by atoms with E-state index < -0.39 is 4.92 Å². The number of aromatic nitrogens is 2. The Bertz CT molecular complexity index is 722. The summed E-state index contributed by atoms with van der Waals surface area (Å²) in [5.74, 6) is -0.257. The van der Waals surface area contributed by atoms with E-state index in [2.05, 4.69) is 31.1 Å². The van der Waals surface area contributed by atoms with Crippen LogP contribution < -0.4 is 10.5 Å². The van der Waals surface area contributed by atoms with Crippen LogP contribution in [-0.4, -0.2) is 25.9 Å². The van der Waals surface area contributed by atoms with Gasteiger partial charge in [0.1, 0.15) is 5.69 Å². The number of nitro benzene ring substituents is 1. The average molecular weight is 354 g/mol. The van der Waals surface area contributed by atoms with E-state index in [1.807, 2.05) is 0 Å². The van der Waals surface area contributed by atoms with Gasteiger partial charge in [-0.3, -0.25) is 10.1 Å². The standard InChI is InChI=1S/C11H8BrN5O4/c12-6-1-2-9(8(5-6)17(19)20)21-11-14-4-3-7(15-11)10(13)16-18/h1-5,18H,(H2,13,16). The maximum atomic E-state index is 11.0. The summed E-state index contributed by atoms with van der Waals surface area (Å²) in [5, 5.41) is 22.4. The van der Waals surface area contributed by atoms with E-state index in [1.54, 1.807) is 6.07 Å². The van der Waals surface area contributed by atoms with E-state index in [0.29, 0.717) is 4.47 Å². The van der Waals surface area contributed by atoms with Crippen molar-refractivity contribution >= 4 is 27.5 Å². The molecular formula is C11H8BrN5O4. The summed E-state index contributed by atoms with van der Waals surface area (Å²) in [5.41, 5.74) is 5.27. The van der Waals surface area contributed by atoms with Gasteiger partial charge in [-0.05, 0) is 18.2 Å². The highest BCUT2D eigenvalue weighted by atomic mass is 79.9. The maximum Gasteiger partial charge on any atom is 0.322 e. The number of nitrogens with zero attached hydrogens (tertiary/aromatic N) is 4. The lowest BCUT2D eigenvalue weighted by atomic mass is 10.3. The fourth-order valence-corrected chi connectivity index (χ4v) is 1.75. The monoisotopic (exact) mass is 353 g/mol. The van der Waals surface area contributed by atoms with Gasteiger partial charge in [-0.1, -0.05) is 21.1 Å². The number of nitro groups is 1. The Kier molecular flexibility index (Phi) is 4.28. The number of benzene rings is 1. The third-order valence-corrected chi connectivity index (χ3v) is 2.82. The lowest BCUT2D eigenvalue weighted by molar-refractivity contribution is -0.385. The minimum atomic E-state index is -0.590. The second-order valence-corrected chi connectivity index (χ2v) is 4.60. The molecule has 10 heteroatoms. The Morgan fingerprint density at radius 2 is 2.24 bits per heavy atom. The summed E-state index contributed by atoms with van der Waals surface area (Å²) in [6.45, 7) is 0. The molecule has 0 aliphatic rings. The number of amidine groups is 1. The summed E-state index contributed by atoms with van der Waals surface area (Å²) in [6, 6.07) is 5.52. The molecule has 2 rings (SSSR count). The van der Waals surface area contributed by atoms with Gasteiger partial charge in [0.2, 0.25) is 5.75 Å². The molecular weight excluding hydrogens is 346 g/mol. The molecule has 0 aliphatic carbocycles. The van der Waals surface area contributed by atoms with E-state index >= 15 is 0 Å². The van der Waals surface area contributed by atoms with Gasteiger partial charge in [0, 0.05) is 16.7 Å². The molecule has 0 bridgehead atoms. The van der Waals surface area contributed by atoms with E-state index in [4.69, 9.17) is 15.7 Å². The Morgan fingerprint density at radius 1 is 1.48 bits per heavy atom. The normalized spacial score (nSPS) is 11.2. The lowest BCUT2D eigenvalue weighted by Crippen LogP contribution is -2.15. The second-order valence-electron chi connectivity index (χ2n) is 3.68. The van der Waals surface area contributed by atoms with Crippen molar-refractivity contribution in [1.82, 2.24) is 9.97 Å².